The number of aromatic nitrogens is 2. The van der Waals surface area contributed by atoms with Crippen molar-refractivity contribution in [3.63, 3.8) is 0 Å². The normalized spacial score (nSPS) is 16.9. The molecule has 0 unspecified atom stereocenters. The first-order valence-electron chi connectivity index (χ1n) is 15.1. The van der Waals surface area contributed by atoms with Gasteiger partial charge < -0.3 is 9.97 Å². The van der Waals surface area contributed by atoms with Crippen LogP contribution in [-0.2, 0) is 26.5 Å². The maximum atomic E-state index is 5.18. The molecule has 0 radical (unpaired) electrons. The largest absolute Gasteiger partial charge is 2.00 e. The van der Waals surface area contributed by atoms with E-state index in [-0.39, 0.29) is 26.5 Å². The van der Waals surface area contributed by atoms with Crippen LogP contribution < -0.4 is 0 Å². The molecule has 2 saturated carbocycles. The van der Waals surface area contributed by atoms with Crippen molar-refractivity contribution in [3.05, 3.63) is 107 Å². The van der Waals surface area contributed by atoms with Crippen LogP contribution in [0.25, 0.3) is 22.5 Å². The molecule has 0 N–H and O–H groups in total. The number of rotatable bonds is 6. The second-order valence-corrected chi connectivity index (χ2v) is 12.2. The van der Waals surface area contributed by atoms with Crippen LogP contribution in [0.3, 0.4) is 0 Å². The third-order valence-corrected chi connectivity index (χ3v) is 9.14. The van der Waals surface area contributed by atoms with Gasteiger partial charge in [0.1, 0.15) is 0 Å². The average Bonchev–Trinajstić information content (AvgIpc) is 3.02. The van der Waals surface area contributed by atoms with Gasteiger partial charge in [-0.2, -0.15) is 0 Å². The molecule has 208 valence electrons. The second kappa shape index (κ2) is 12.9. The zero-order valence-electron chi connectivity index (χ0n) is 23.9. The second-order valence-electron chi connectivity index (χ2n) is 12.2. The minimum atomic E-state index is -0.339. The molecule has 0 saturated heterocycles. The summed E-state index contributed by atoms with van der Waals surface area (Å²) in [7, 11) is 0. The van der Waals surface area contributed by atoms with Gasteiger partial charge in [0.25, 0.3) is 0 Å². The van der Waals surface area contributed by atoms with Crippen LogP contribution in [0, 0.1) is 12.1 Å². The molecule has 2 fully saturated rings. The minimum Gasteiger partial charge on any atom is -0.300 e. The minimum absolute atomic E-state index is 0. The molecule has 0 bridgehead atoms. The maximum Gasteiger partial charge on any atom is 2.00 e. The maximum absolute atomic E-state index is 5.18. The topological polar surface area (TPSA) is 25.8 Å². The van der Waals surface area contributed by atoms with Gasteiger partial charge in [-0.05, 0) is 74.9 Å². The van der Waals surface area contributed by atoms with Gasteiger partial charge >= 0.3 is 21.1 Å². The van der Waals surface area contributed by atoms with Crippen LogP contribution in [0.2, 0.25) is 0 Å². The molecule has 2 heterocycles. The van der Waals surface area contributed by atoms with E-state index in [4.69, 9.17) is 9.97 Å². The fourth-order valence-electron chi connectivity index (χ4n) is 6.64. The molecule has 2 nitrogen and oxygen atoms in total. The molecule has 40 heavy (non-hydrogen) atoms. The Morgan fingerprint density at radius 3 is 1.45 bits per heavy atom. The fourth-order valence-corrected chi connectivity index (χ4v) is 6.64. The van der Waals surface area contributed by atoms with E-state index in [1.54, 1.807) is 0 Å². The van der Waals surface area contributed by atoms with Crippen molar-refractivity contribution in [1.82, 2.24) is 9.97 Å². The predicted octanol–water partition coefficient (Wildman–Crippen LogP) is 9.83. The van der Waals surface area contributed by atoms with Crippen LogP contribution in [0.15, 0.2) is 72.8 Å². The van der Waals surface area contributed by atoms with Crippen molar-refractivity contribution >= 4 is 0 Å². The van der Waals surface area contributed by atoms with Gasteiger partial charge in [0, 0.05) is 16.8 Å². The molecule has 0 amide bonds. The van der Waals surface area contributed by atoms with Crippen molar-refractivity contribution in [2.75, 3.05) is 0 Å². The van der Waals surface area contributed by atoms with Crippen LogP contribution in [-0.4, -0.2) is 9.97 Å². The van der Waals surface area contributed by atoms with E-state index >= 15 is 0 Å². The molecule has 6 rings (SSSR count). The van der Waals surface area contributed by atoms with Crippen molar-refractivity contribution in [3.8, 4) is 22.5 Å². The predicted molar refractivity (Wildman–Crippen MR) is 161 cm³/mol. The number of pyridine rings is 2. The standard InChI is InChI=1S/C37H40N2.Pt/c1-37(2,35-23-11-21-33(38-35)31-19-9-17-29(25-31)27-13-5-3-6-14-27)36-24-12-22-34(39-36)32-20-10-18-30(26-32)28-15-7-4-8-16-28;/h9-12,17-18,21-28H,3-8,13-16H2,1-2H3;/q-2;+2. The monoisotopic (exact) mass is 707 g/mol. The van der Waals surface area contributed by atoms with Crippen molar-refractivity contribution < 1.29 is 21.1 Å². The SMILES string of the molecule is CC(C)(c1cccc(-c2[c-]ccc(C3CCCCC3)c2)n1)c1cccc(-c2[c-]ccc(C3CCCCC3)c2)n1.[Pt+2]. The summed E-state index contributed by atoms with van der Waals surface area (Å²) in [4.78, 5) is 10.4. The van der Waals surface area contributed by atoms with E-state index in [1.807, 2.05) is 0 Å². The molecule has 0 atom stereocenters. The van der Waals surface area contributed by atoms with Gasteiger partial charge in [0.05, 0.1) is 0 Å². The molecule has 2 aliphatic carbocycles. The first-order chi connectivity index (χ1) is 19.1. The first kappa shape index (κ1) is 28.9. The van der Waals surface area contributed by atoms with Gasteiger partial charge in [0.2, 0.25) is 0 Å². The summed E-state index contributed by atoms with van der Waals surface area (Å²) >= 11 is 0. The summed E-state index contributed by atoms with van der Waals surface area (Å²) < 4.78 is 0. The molecule has 2 aromatic carbocycles. The van der Waals surface area contributed by atoms with E-state index in [0.29, 0.717) is 11.8 Å². The van der Waals surface area contributed by atoms with Gasteiger partial charge in [-0.15, -0.1) is 70.8 Å². The van der Waals surface area contributed by atoms with Gasteiger partial charge in [-0.25, -0.2) is 0 Å². The van der Waals surface area contributed by atoms with E-state index < -0.39 is 0 Å². The summed E-state index contributed by atoms with van der Waals surface area (Å²) in [6, 6.07) is 33.0. The average molecular weight is 708 g/mol. The zero-order valence-corrected chi connectivity index (χ0v) is 26.1. The zero-order chi connectivity index (χ0) is 26.7. The third-order valence-electron chi connectivity index (χ3n) is 9.14. The van der Waals surface area contributed by atoms with E-state index in [9.17, 15) is 0 Å². The van der Waals surface area contributed by atoms with Crippen molar-refractivity contribution in [2.24, 2.45) is 0 Å². The Kier molecular flexibility index (Phi) is 9.37. The Balaban J connectivity index is 0.00000323. The smallest absolute Gasteiger partial charge is 0.300 e. The molecule has 4 aromatic rings. The van der Waals surface area contributed by atoms with Crippen molar-refractivity contribution in [1.29, 1.82) is 0 Å². The Bertz CT molecular complexity index is 1310. The number of nitrogens with zero attached hydrogens (tertiary/aromatic N) is 2. The third kappa shape index (κ3) is 6.33. The Morgan fingerprint density at radius 1 is 0.600 bits per heavy atom. The molecule has 0 spiro atoms. The summed E-state index contributed by atoms with van der Waals surface area (Å²) in [6.07, 6.45) is 13.3. The van der Waals surface area contributed by atoms with E-state index in [2.05, 4.69) is 98.8 Å². The van der Waals surface area contributed by atoms with Crippen LogP contribution >= 0.6 is 0 Å². The number of hydrogen-bond acceptors (Lipinski definition) is 2. The molecule has 2 aromatic heterocycles. The quantitative estimate of drug-likeness (QED) is 0.187. The molecular weight excluding hydrogens is 667 g/mol. The molecular formula is C37H40N2Pt. The molecule has 3 heteroatoms. The summed E-state index contributed by atoms with van der Waals surface area (Å²) in [5, 5.41) is 0. The van der Waals surface area contributed by atoms with E-state index in [1.165, 1.54) is 75.3 Å². The van der Waals surface area contributed by atoms with Gasteiger partial charge in [-0.1, -0.05) is 62.8 Å². The first-order valence-corrected chi connectivity index (χ1v) is 15.1. The molecule has 2 aliphatic rings. The summed E-state index contributed by atoms with van der Waals surface area (Å²) in [5.74, 6) is 1.35. The summed E-state index contributed by atoms with van der Waals surface area (Å²) in [5.41, 5.74) is 8.76. The van der Waals surface area contributed by atoms with Gasteiger partial charge in [-0.3, -0.25) is 0 Å². The Hall–Kier alpha value is -2.57. The fraction of sp³-hybridized carbons (Fsp3) is 0.405. The van der Waals surface area contributed by atoms with Crippen LogP contribution in [0.4, 0.5) is 0 Å². The Labute approximate surface area is 255 Å². The Morgan fingerprint density at radius 2 is 1.02 bits per heavy atom. The number of benzene rings is 2. The van der Waals surface area contributed by atoms with Crippen LogP contribution in [0.5, 0.6) is 0 Å². The van der Waals surface area contributed by atoms with E-state index in [0.717, 1.165) is 33.9 Å². The molecule has 0 aliphatic heterocycles. The van der Waals surface area contributed by atoms with Gasteiger partial charge in [0.15, 0.2) is 0 Å². The number of hydrogen-bond donors (Lipinski definition) is 0. The van der Waals surface area contributed by atoms with Crippen molar-refractivity contribution in [2.45, 2.75) is 95.3 Å². The van der Waals surface area contributed by atoms with Crippen LogP contribution in [0.1, 0.15) is 112 Å². The summed E-state index contributed by atoms with van der Waals surface area (Å²) in [6.45, 7) is 4.46.